The molecule has 0 fully saturated rings. The highest BCUT2D eigenvalue weighted by Crippen LogP contribution is 2.25. The largest absolute Gasteiger partial charge is 0.350 e. The summed E-state index contributed by atoms with van der Waals surface area (Å²) in [5.41, 5.74) is 3.39. The van der Waals surface area contributed by atoms with E-state index in [9.17, 15) is 4.79 Å². The molecule has 0 bridgehead atoms. The van der Waals surface area contributed by atoms with Crippen molar-refractivity contribution in [2.24, 2.45) is 0 Å². The number of aryl methyl sites for hydroxylation is 1. The van der Waals surface area contributed by atoms with Crippen LogP contribution in [0.5, 0.6) is 0 Å². The minimum Gasteiger partial charge on any atom is -0.350 e. The van der Waals surface area contributed by atoms with Gasteiger partial charge in [-0.05, 0) is 48.9 Å². The molecule has 1 aromatic heterocycles. The van der Waals surface area contributed by atoms with E-state index in [-0.39, 0.29) is 5.91 Å². The maximum atomic E-state index is 12.4. The second-order valence-electron chi connectivity index (χ2n) is 4.96. The minimum absolute atomic E-state index is 0.227. The molecule has 0 aliphatic carbocycles. The molecule has 0 aliphatic heterocycles. The van der Waals surface area contributed by atoms with Crippen LogP contribution in [0.3, 0.4) is 0 Å². The number of hydrogen-bond acceptors (Lipinski definition) is 2. The van der Waals surface area contributed by atoms with Crippen LogP contribution < -0.4 is 5.32 Å². The molecule has 108 valence electrons. The summed E-state index contributed by atoms with van der Waals surface area (Å²) in [6, 6.07) is 14.2. The molecule has 0 unspecified atom stereocenters. The number of halogens is 1. The van der Waals surface area contributed by atoms with Crippen molar-refractivity contribution in [2.75, 3.05) is 5.32 Å². The van der Waals surface area contributed by atoms with Gasteiger partial charge in [0.25, 0.3) is 5.91 Å². The average molecular weight is 310 g/mol. The molecule has 3 aromatic rings. The highest BCUT2D eigenvalue weighted by atomic mass is 35.5. The lowest BCUT2D eigenvalue weighted by atomic mass is 10.1. The van der Waals surface area contributed by atoms with Gasteiger partial charge in [0, 0.05) is 21.6 Å². The predicted molar refractivity (Wildman–Crippen MR) is 87.2 cm³/mol. The quantitative estimate of drug-likeness (QED) is 0.743. The Morgan fingerprint density at radius 1 is 1.23 bits per heavy atom. The van der Waals surface area contributed by atoms with Crippen LogP contribution in [0.2, 0.25) is 5.02 Å². The predicted octanol–water partition coefficient (Wildman–Crippen LogP) is 4.25. The van der Waals surface area contributed by atoms with Crippen molar-refractivity contribution < 1.29 is 4.79 Å². The number of hydrogen-bond donors (Lipinski definition) is 2. The molecule has 2 aromatic carbocycles. The van der Waals surface area contributed by atoms with Crippen molar-refractivity contribution in [3.63, 3.8) is 0 Å². The number of amides is 1. The summed E-state index contributed by atoms with van der Waals surface area (Å²) in [7, 11) is 0. The number of H-pyrrole nitrogens is 1. The van der Waals surface area contributed by atoms with E-state index < -0.39 is 0 Å². The molecule has 3 rings (SSSR count). The van der Waals surface area contributed by atoms with Gasteiger partial charge >= 0.3 is 0 Å². The molecular weight excluding hydrogens is 298 g/mol. The van der Waals surface area contributed by atoms with Crippen molar-refractivity contribution in [1.29, 1.82) is 5.26 Å². The van der Waals surface area contributed by atoms with E-state index in [1.54, 1.807) is 36.4 Å². The van der Waals surface area contributed by atoms with Crippen LogP contribution in [-0.4, -0.2) is 10.9 Å². The van der Waals surface area contributed by atoms with E-state index in [2.05, 4.69) is 10.3 Å². The summed E-state index contributed by atoms with van der Waals surface area (Å²) in [6.45, 7) is 1.89. The Morgan fingerprint density at radius 2 is 1.95 bits per heavy atom. The number of rotatable bonds is 2. The van der Waals surface area contributed by atoms with E-state index in [1.165, 1.54) is 0 Å². The molecule has 22 heavy (non-hydrogen) atoms. The highest BCUT2D eigenvalue weighted by Gasteiger charge is 2.15. The lowest BCUT2D eigenvalue weighted by molar-refractivity contribution is 0.102. The molecule has 0 radical (unpaired) electrons. The third-order valence-corrected chi connectivity index (χ3v) is 3.75. The number of nitrogens with one attached hydrogen (secondary N) is 2. The Morgan fingerprint density at radius 3 is 2.64 bits per heavy atom. The van der Waals surface area contributed by atoms with Gasteiger partial charge in [0.2, 0.25) is 0 Å². The first-order valence-electron chi connectivity index (χ1n) is 6.68. The Labute approximate surface area is 132 Å². The average Bonchev–Trinajstić information content (AvgIpc) is 2.84. The molecule has 4 nitrogen and oxygen atoms in total. The summed E-state index contributed by atoms with van der Waals surface area (Å²) < 4.78 is 0. The number of nitriles is 1. The first-order valence-corrected chi connectivity index (χ1v) is 7.05. The van der Waals surface area contributed by atoms with Crippen LogP contribution >= 0.6 is 11.6 Å². The van der Waals surface area contributed by atoms with E-state index in [4.69, 9.17) is 16.9 Å². The van der Waals surface area contributed by atoms with Gasteiger partial charge < -0.3 is 10.3 Å². The number of aromatic amines is 1. The number of carbonyl (C=O) groups excluding carboxylic acids is 1. The molecule has 2 N–H and O–H groups in total. The lowest BCUT2D eigenvalue weighted by Crippen LogP contribution is -2.13. The van der Waals surface area contributed by atoms with Crippen molar-refractivity contribution >= 4 is 34.1 Å². The van der Waals surface area contributed by atoms with Gasteiger partial charge in [-0.15, -0.1) is 0 Å². The van der Waals surface area contributed by atoms with E-state index in [1.807, 2.05) is 19.1 Å². The monoisotopic (exact) mass is 309 g/mol. The van der Waals surface area contributed by atoms with Crippen LogP contribution in [-0.2, 0) is 0 Å². The molecule has 5 heteroatoms. The fourth-order valence-corrected chi connectivity index (χ4v) is 2.53. The number of fused-ring (bicyclic) bond motifs is 1. The first-order chi connectivity index (χ1) is 10.6. The second-order valence-corrected chi connectivity index (χ2v) is 5.39. The number of nitrogens with zero attached hydrogens (tertiary/aromatic N) is 1. The molecule has 0 spiro atoms. The highest BCUT2D eigenvalue weighted by molar-refractivity contribution is 6.31. The molecule has 1 amide bonds. The third kappa shape index (κ3) is 2.54. The van der Waals surface area contributed by atoms with Gasteiger partial charge in [-0.2, -0.15) is 5.26 Å². The summed E-state index contributed by atoms with van der Waals surface area (Å²) >= 11 is 5.97. The van der Waals surface area contributed by atoms with Gasteiger partial charge in [-0.25, -0.2) is 0 Å². The van der Waals surface area contributed by atoms with Gasteiger partial charge in [-0.1, -0.05) is 17.7 Å². The molecule has 1 heterocycles. The minimum atomic E-state index is -0.227. The van der Waals surface area contributed by atoms with Gasteiger partial charge in [-0.3, -0.25) is 4.79 Å². The second kappa shape index (κ2) is 5.55. The van der Waals surface area contributed by atoms with Crippen molar-refractivity contribution in [1.82, 2.24) is 4.98 Å². The SMILES string of the molecule is Cc1c(C(=O)Nc2ccc(C#N)cc2)[nH]c2cc(Cl)ccc12. The van der Waals surface area contributed by atoms with Crippen LogP contribution in [0.15, 0.2) is 42.5 Å². The van der Waals surface area contributed by atoms with Crippen LogP contribution in [0, 0.1) is 18.3 Å². The van der Waals surface area contributed by atoms with Crippen molar-refractivity contribution in [3.05, 3.63) is 64.3 Å². The summed E-state index contributed by atoms with van der Waals surface area (Å²) in [6.07, 6.45) is 0. The molecule has 0 aliphatic rings. The lowest BCUT2D eigenvalue weighted by Gasteiger charge is -2.04. The molecule has 0 saturated heterocycles. The first kappa shape index (κ1) is 14.2. The number of benzene rings is 2. The van der Waals surface area contributed by atoms with E-state index in [0.717, 1.165) is 16.5 Å². The fourth-order valence-electron chi connectivity index (χ4n) is 2.36. The van der Waals surface area contributed by atoms with Crippen LogP contribution in [0.1, 0.15) is 21.6 Å². The van der Waals surface area contributed by atoms with Gasteiger partial charge in [0.05, 0.1) is 11.6 Å². The Kier molecular flexibility index (Phi) is 3.58. The van der Waals surface area contributed by atoms with Crippen molar-refractivity contribution in [2.45, 2.75) is 6.92 Å². The van der Waals surface area contributed by atoms with Crippen molar-refractivity contribution in [3.8, 4) is 6.07 Å². The summed E-state index contributed by atoms with van der Waals surface area (Å²) in [4.78, 5) is 15.5. The zero-order valence-electron chi connectivity index (χ0n) is 11.8. The number of carbonyl (C=O) groups is 1. The maximum absolute atomic E-state index is 12.4. The summed E-state index contributed by atoms with van der Waals surface area (Å²) in [5.74, 6) is -0.227. The van der Waals surface area contributed by atoms with E-state index in [0.29, 0.717) is 22.0 Å². The van der Waals surface area contributed by atoms with Crippen LogP contribution in [0.25, 0.3) is 10.9 Å². The number of aromatic nitrogens is 1. The van der Waals surface area contributed by atoms with Gasteiger partial charge in [0.1, 0.15) is 5.69 Å². The molecular formula is C17H12ClN3O. The summed E-state index contributed by atoms with van der Waals surface area (Å²) in [5, 5.41) is 13.2. The zero-order valence-corrected chi connectivity index (χ0v) is 12.5. The van der Waals surface area contributed by atoms with E-state index >= 15 is 0 Å². The third-order valence-electron chi connectivity index (χ3n) is 3.52. The zero-order chi connectivity index (χ0) is 15.7. The fraction of sp³-hybridized carbons (Fsp3) is 0.0588. The topological polar surface area (TPSA) is 68.7 Å². The smallest absolute Gasteiger partial charge is 0.272 e. The number of anilines is 1. The standard InChI is InChI=1S/C17H12ClN3O/c1-10-14-7-4-12(18)8-15(14)21-16(10)17(22)20-13-5-2-11(9-19)3-6-13/h2-8,21H,1H3,(H,20,22). The molecule has 0 saturated carbocycles. The van der Waals surface area contributed by atoms with Crippen LogP contribution in [0.4, 0.5) is 5.69 Å². The normalized spacial score (nSPS) is 10.4. The maximum Gasteiger partial charge on any atom is 0.272 e. The Bertz CT molecular complexity index is 904. The van der Waals surface area contributed by atoms with Gasteiger partial charge in [0.15, 0.2) is 0 Å². The molecule has 0 atom stereocenters. The Balaban J connectivity index is 1.91. The Hall–Kier alpha value is -2.77.